The Hall–Kier alpha value is -1.56. The molecule has 21 heavy (non-hydrogen) atoms. The molecule has 0 N–H and O–H groups in total. The van der Waals surface area contributed by atoms with Crippen LogP contribution in [0.2, 0.25) is 0 Å². The lowest BCUT2D eigenvalue weighted by Gasteiger charge is -2.37. The van der Waals surface area contributed by atoms with E-state index in [1.165, 1.54) is 35.1 Å². The fourth-order valence-electron chi connectivity index (χ4n) is 5.12. The maximum Gasteiger partial charge on any atom is 0.0266 e. The van der Waals surface area contributed by atoms with Crippen LogP contribution in [0.4, 0.5) is 0 Å². The minimum Gasteiger partial charge on any atom is -0.0613 e. The van der Waals surface area contributed by atoms with Crippen molar-refractivity contribution in [3.63, 3.8) is 0 Å². The highest BCUT2D eigenvalue weighted by atomic mass is 14.6. The third-order valence-electron chi connectivity index (χ3n) is 6.12. The van der Waals surface area contributed by atoms with Crippen molar-refractivity contribution in [3.05, 3.63) is 58.7 Å². The van der Waals surface area contributed by atoms with Crippen molar-refractivity contribution in [1.82, 2.24) is 0 Å². The van der Waals surface area contributed by atoms with E-state index < -0.39 is 0 Å². The van der Waals surface area contributed by atoms with Crippen LogP contribution in [0.3, 0.4) is 0 Å². The molecule has 0 radical (unpaired) electrons. The minimum absolute atomic E-state index is 0.253. The molecular weight excluding hydrogens is 252 g/mol. The second-order valence-corrected chi connectivity index (χ2v) is 7.35. The zero-order valence-corrected chi connectivity index (χ0v) is 13.5. The zero-order valence-electron chi connectivity index (χ0n) is 13.5. The van der Waals surface area contributed by atoms with E-state index in [2.05, 4.69) is 64.1 Å². The molecule has 4 rings (SSSR count). The lowest BCUT2D eigenvalue weighted by molar-refractivity contribution is 0.339. The van der Waals surface area contributed by atoms with Crippen molar-refractivity contribution >= 4 is 0 Å². The first-order valence-electron chi connectivity index (χ1n) is 8.27. The Morgan fingerprint density at radius 2 is 1.19 bits per heavy atom. The molecular formula is C21H24. The average molecular weight is 276 g/mol. The highest BCUT2D eigenvalue weighted by molar-refractivity contribution is 5.82. The van der Waals surface area contributed by atoms with Crippen LogP contribution in [0.25, 0.3) is 11.1 Å². The molecule has 2 atom stereocenters. The summed E-state index contributed by atoms with van der Waals surface area (Å²) in [4.78, 5) is 0. The average Bonchev–Trinajstić information content (AvgIpc) is 2.90. The number of aryl methyl sites for hydroxylation is 2. The van der Waals surface area contributed by atoms with Gasteiger partial charge in [-0.3, -0.25) is 0 Å². The van der Waals surface area contributed by atoms with Crippen molar-refractivity contribution in [2.24, 2.45) is 11.8 Å². The van der Waals surface area contributed by atoms with E-state index in [1.54, 1.807) is 11.1 Å². The standard InChI is InChI=1S/C21H24/c1-13-5-9-17-18-10-6-14(2)12-20(18)21(19(17)11-13)15(3)7-8-16(21)4/h5-6,9-12,15-16H,7-8H2,1-4H3. The Labute approximate surface area is 128 Å². The second-order valence-electron chi connectivity index (χ2n) is 7.35. The summed E-state index contributed by atoms with van der Waals surface area (Å²) in [5.41, 5.74) is 9.20. The molecule has 2 aliphatic rings. The summed E-state index contributed by atoms with van der Waals surface area (Å²) >= 11 is 0. The van der Waals surface area contributed by atoms with Gasteiger partial charge in [0.2, 0.25) is 0 Å². The Bertz CT molecular complexity index is 659. The van der Waals surface area contributed by atoms with E-state index >= 15 is 0 Å². The number of hydrogen-bond donors (Lipinski definition) is 0. The van der Waals surface area contributed by atoms with Crippen LogP contribution in [0, 0.1) is 25.7 Å². The Morgan fingerprint density at radius 1 is 0.762 bits per heavy atom. The van der Waals surface area contributed by atoms with Crippen LogP contribution in [-0.2, 0) is 5.41 Å². The zero-order chi connectivity index (χ0) is 14.8. The summed E-state index contributed by atoms with van der Waals surface area (Å²) in [6.07, 6.45) is 2.70. The smallest absolute Gasteiger partial charge is 0.0266 e. The summed E-state index contributed by atoms with van der Waals surface area (Å²) < 4.78 is 0. The minimum atomic E-state index is 0.253. The van der Waals surface area contributed by atoms with Gasteiger partial charge < -0.3 is 0 Å². The SMILES string of the molecule is Cc1ccc2c(c1)C1(c3cc(C)ccc3-2)C(C)CCC1C. The maximum atomic E-state index is 2.47. The molecule has 1 fully saturated rings. The van der Waals surface area contributed by atoms with Crippen LogP contribution in [0.5, 0.6) is 0 Å². The number of fused-ring (bicyclic) bond motifs is 5. The molecule has 2 aromatic carbocycles. The molecule has 0 amide bonds. The summed E-state index contributed by atoms with van der Waals surface area (Å²) in [6.45, 7) is 9.39. The first-order chi connectivity index (χ1) is 10.0. The van der Waals surface area contributed by atoms with Gasteiger partial charge in [0.05, 0.1) is 0 Å². The second kappa shape index (κ2) is 4.22. The van der Waals surface area contributed by atoms with E-state index in [1.807, 2.05) is 0 Å². The Balaban J connectivity index is 2.12. The van der Waals surface area contributed by atoms with Gasteiger partial charge in [0, 0.05) is 5.41 Å². The van der Waals surface area contributed by atoms with E-state index in [0.29, 0.717) is 0 Å². The summed E-state index contributed by atoms with van der Waals surface area (Å²) in [7, 11) is 0. The van der Waals surface area contributed by atoms with E-state index in [0.717, 1.165) is 11.8 Å². The van der Waals surface area contributed by atoms with Gasteiger partial charge in [-0.1, -0.05) is 61.4 Å². The van der Waals surface area contributed by atoms with Crippen molar-refractivity contribution in [2.75, 3.05) is 0 Å². The van der Waals surface area contributed by atoms with Gasteiger partial charge in [-0.05, 0) is 60.8 Å². The lowest BCUT2D eigenvalue weighted by atomic mass is 9.66. The van der Waals surface area contributed by atoms with Crippen molar-refractivity contribution in [3.8, 4) is 11.1 Å². The van der Waals surface area contributed by atoms with Crippen molar-refractivity contribution < 1.29 is 0 Å². The first-order valence-corrected chi connectivity index (χ1v) is 8.27. The van der Waals surface area contributed by atoms with Crippen molar-refractivity contribution in [2.45, 2.75) is 46.0 Å². The third kappa shape index (κ3) is 1.51. The highest BCUT2D eigenvalue weighted by Crippen LogP contribution is 2.61. The molecule has 2 unspecified atom stereocenters. The summed E-state index contributed by atoms with van der Waals surface area (Å²) in [5, 5.41) is 0. The molecule has 1 saturated carbocycles. The van der Waals surface area contributed by atoms with E-state index in [-0.39, 0.29) is 5.41 Å². The van der Waals surface area contributed by atoms with Gasteiger partial charge in [0.15, 0.2) is 0 Å². The van der Waals surface area contributed by atoms with Gasteiger partial charge in [0.25, 0.3) is 0 Å². The number of hydrogen-bond acceptors (Lipinski definition) is 0. The van der Waals surface area contributed by atoms with Crippen LogP contribution < -0.4 is 0 Å². The van der Waals surface area contributed by atoms with E-state index in [9.17, 15) is 0 Å². The molecule has 108 valence electrons. The fourth-order valence-corrected chi connectivity index (χ4v) is 5.12. The predicted molar refractivity (Wildman–Crippen MR) is 89.7 cm³/mol. The quantitative estimate of drug-likeness (QED) is 0.584. The van der Waals surface area contributed by atoms with Crippen molar-refractivity contribution in [1.29, 1.82) is 0 Å². The molecule has 0 nitrogen and oxygen atoms in total. The molecule has 0 aromatic heterocycles. The van der Waals surface area contributed by atoms with Crippen LogP contribution in [0.1, 0.15) is 48.9 Å². The summed E-state index contributed by atoms with van der Waals surface area (Å²) in [6, 6.07) is 14.2. The monoisotopic (exact) mass is 276 g/mol. The first kappa shape index (κ1) is 13.1. The fraction of sp³-hybridized carbons (Fsp3) is 0.429. The van der Waals surface area contributed by atoms with Crippen LogP contribution in [-0.4, -0.2) is 0 Å². The Kier molecular flexibility index (Phi) is 2.64. The van der Waals surface area contributed by atoms with Gasteiger partial charge >= 0.3 is 0 Å². The van der Waals surface area contributed by atoms with Gasteiger partial charge in [-0.25, -0.2) is 0 Å². The molecule has 0 saturated heterocycles. The summed E-state index contributed by atoms with van der Waals surface area (Å²) in [5.74, 6) is 1.46. The molecule has 0 heteroatoms. The number of rotatable bonds is 0. The van der Waals surface area contributed by atoms with Gasteiger partial charge in [0.1, 0.15) is 0 Å². The van der Waals surface area contributed by atoms with Crippen LogP contribution >= 0.6 is 0 Å². The van der Waals surface area contributed by atoms with E-state index in [4.69, 9.17) is 0 Å². The van der Waals surface area contributed by atoms with Crippen LogP contribution in [0.15, 0.2) is 36.4 Å². The molecule has 2 aromatic rings. The number of benzene rings is 2. The highest BCUT2D eigenvalue weighted by Gasteiger charge is 2.53. The maximum absolute atomic E-state index is 2.47. The molecule has 0 bridgehead atoms. The molecule has 1 spiro atoms. The molecule has 2 aliphatic carbocycles. The topological polar surface area (TPSA) is 0 Å². The van der Waals surface area contributed by atoms with Gasteiger partial charge in [-0.2, -0.15) is 0 Å². The largest absolute Gasteiger partial charge is 0.0613 e. The third-order valence-corrected chi connectivity index (χ3v) is 6.12. The Morgan fingerprint density at radius 3 is 1.62 bits per heavy atom. The van der Waals surface area contributed by atoms with Gasteiger partial charge in [-0.15, -0.1) is 0 Å². The predicted octanol–water partition coefficient (Wildman–Crippen LogP) is 5.64. The molecule has 0 heterocycles. The normalized spacial score (nSPS) is 25.1. The molecule has 0 aliphatic heterocycles. The lowest BCUT2D eigenvalue weighted by Crippen LogP contribution is -2.34.